The van der Waals surface area contributed by atoms with Crippen molar-refractivity contribution in [3.05, 3.63) is 59.2 Å². The van der Waals surface area contributed by atoms with Gasteiger partial charge in [-0.25, -0.2) is 8.42 Å². The summed E-state index contributed by atoms with van der Waals surface area (Å²) in [5, 5.41) is 6.45. The first-order chi connectivity index (χ1) is 26.8. The monoisotopic (exact) mass is 794 g/mol. The summed E-state index contributed by atoms with van der Waals surface area (Å²) in [6.07, 6.45) is 16.4. The minimum Gasteiger partial charge on any atom is -0.493 e. The van der Waals surface area contributed by atoms with Crippen LogP contribution in [-0.4, -0.2) is 35.7 Å². The molecule has 0 aliphatic heterocycles. The van der Waals surface area contributed by atoms with E-state index in [-0.39, 0.29) is 23.7 Å². The van der Waals surface area contributed by atoms with E-state index in [0.717, 1.165) is 36.0 Å². The number of methoxy groups -OCH3 is 3. The van der Waals surface area contributed by atoms with Gasteiger partial charge >= 0.3 is 0 Å². The van der Waals surface area contributed by atoms with Gasteiger partial charge in [-0.1, -0.05) is 138 Å². The molecule has 0 spiro atoms. The van der Waals surface area contributed by atoms with Crippen LogP contribution >= 0.6 is 0 Å². The van der Waals surface area contributed by atoms with Gasteiger partial charge in [-0.3, -0.25) is 9.52 Å². The van der Waals surface area contributed by atoms with Crippen molar-refractivity contribution < 1.29 is 27.4 Å². The molecule has 9 nitrogen and oxygen atoms in total. The average molecular weight is 794 g/mol. The maximum Gasteiger partial charge on any atom is 0.262 e. The number of sulfonamides is 1. The van der Waals surface area contributed by atoms with E-state index < -0.39 is 10.0 Å². The lowest BCUT2D eigenvalue weighted by molar-refractivity contribution is -0.116. The number of unbranched alkanes of at least 4 members (excludes halogenated alkanes) is 12. The minimum atomic E-state index is -4.02. The largest absolute Gasteiger partial charge is 0.493 e. The first-order valence-electron chi connectivity index (χ1n) is 21.0. The third-order valence-corrected chi connectivity index (χ3v) is 11.9. The van der Waals surface area contributed by atoms with Gasteiger partial charge in [-0.15, -0.1) is 0 Å². The molecule has 10 heteroatoms. The second-order valence-corrected chi connectivity index (χ2v) is 17.6. The van der Waals surface area contributed by atoms with Gasteiger partial charge < -0.3 is 24.8 Å². The Morgan fingerprint density at radius 1 is 0.607 bits per heavy atom. The molecule has 0 aromatic heterocycles. The molecule has 0 saturated heterocycles. The van der Waals surface area contributed by atoms with Gasteiger partial charge in [-0.05, 0) is 59.1 Å². The summed E-state index contributed by atoms with van der Waals surface area (Å²) in [4.78, 5) is 13.7. The highest BCUT2D eigenvalue weighted by atomic mass is 32.2. The molecule has 1 amide bonds. The fourth-order valence-electron chi connectivity index (χ4n) is 7.05. The zero-order valence-corrected chi connectivity index (χ0v) is 36.8. The standard InChI is InChI=1S/C46H71N3O6S/c1-11-12-13-14-15-16-17-18-19-20-21-22-23-24-44(50)48-41-29-36(25-26-40(41)47-37-30-42(53-8)45(55-10)43(31-37)54-9)49-56(51,52)46-38(33(4)5)27-35(32(2)3)28-39(46)34(6)7/h25-34,47,49H,11-24H2,1-10H3,(H,48,50). The molecule has 0 atom stereocenters. The molecule has 0 fully saturated rings. The van der Waals surface area contributed by atoms with Gasteiger partial charge in [-0.2, -0.15) is 0 Å². The van der Waals surface area contributed by atoms with E-state index in [2.05, 4.69) is 36.1 Å². The van der Waals surface area contributed by atoms with Crippen LogP contribution in [0.5, 0.6) is 17.2 Å². The lowest BCUT2D eigenvalue weighted by Gasteiger charge is -2.23. The molecule has 0 bridgehead atoms. The van der Waals surface area contributed by atoms with E-state index in [1.54, 1.807) is 51.7 Å². The van der Waals surface area contributed by atoms with Crippen LogP contribution in [0.15, 0.2) is 47.4 Å². The zero-order chi connectivity index (χ0) is 41.3. The summed E-state index contributed by atoms with van der Waals surface area (Å²) in [7, 11) is 0.634. The van der Waals surface area contributed by atoms with Gasteiger partial charge in [0, 0.05) is 24.2 Å². The predicted molar refractivity (Wildman–Crippen MR) is 234 cm³/mol. The van der Waals surface area contributed by atoms with Crippen LogP contribution in [0.3, 0.4) is 0 Å². The Morgan fingerprint density at radius 2 is 1.11 bits per heavy atom. The van der Waals surface area contributed by atoms with Gasteiger partial charge in [0.2, 0.25) is 11.7 Å². The fourth-order valence-corrected chi connectivity index (χ4v) is 8.80. The number of rotatable bonds is 26. The lowest BCUT2D eigenvalue weighted by atomic mass is 9.89. The molecule has 3 N–H and O–H groups in total. The number of ether oxygens (including phenoxy) is 3. The Morgan fingerprint density at radius 3 is 1.55 bits per heavy atom. The second-order valence-electron chi connectivity index (χ2n) is 15.9. The number of benzene rings is 3. The van der Waals surface area contributed by atoms with Crippen molar-refractivity contribution in [2.45, 2.75) is 161 Å². The van der Waals surface area contributed by atoms with Gasteiger partial charge in [0.1, 0.15) is 0 Å². The van der Waals surface area contributed by atoms with E-state index in [1.165, 1.54) is 64.2 Å². The second kappa shape index (κ2) is 23.3. The maximum absolute atomic E-state index is 14.3. The molecule has 3 rings (SSSR count). The summed E-state index contributed by atoms with van der Waals surface area (Å²) in [6.45, 7) is 14.6. The highest BCUT2D eigenvalue weighted by Gasteiger charge is 2.27. The third kappa shape index (κ3) is 13.9. The smallest absolute Gasteiger partial charge is 0.262 e. The van der Waals surface area contributed by atoms with Crippen LogP contribution in [0.4, 0.5) is 22.7 Å². The molecule has 0 unspecified atom stereocenters. The van der Waals surface area contributed by atoms with Crippen molar-refractivity contribution in [2.24, 2.45) is 0 Å². The maximum atomic E-state index is 14.3. The molecular formula is C46H71N3O6S. The molecule has 0 saturated carbocycles. The van der Waals surface area contributed by atoms with Gasteiger partial charge in [0.05, 0.1) is 43.3 Å². The Balaban J connectivity index is 1.82. The van der Waals surface area contributed by atoms with Crippen molar-refractivity contribution in [3.63, 3.8) is 0 Å². The minimum absolute atomic E-state index is 0.0113. The lowest BCUT2D eigenvalue weighted by Crippen LogP contribution is -2.19. The van der Waals surface area contributed by atoms with E-state index in [4.69, 9.17) is 14.2 Å². The average Bonchev–Trinajstić information content (AvgIpc) is 3.16. The predicted octanol–water partition coefficient (Wildman–Crippen LogP) is 13.0. The number of anilines is 4. The summed E-state index contributed by atoms with van der Waals surface area (Å²) < 4.78 is 48.2. The normalized spacial score (nSPS) is 11.7. The number of amides is 1. The van der Waals surface area contributed by atoms with Crippen molar-refractivity contribution in [2.75, 3.05) is 36.7 Å². The van der Waals surface area contributed by atoms with Crippen molar-refractivity contribution in [3.8, 4) is 17.2 Å². The number of carbonyl (C=O) groups is 1. The van der Waals surface area contributed by atoms with Gasteiger partial charge in [0.25, 0.3) is 10.0 Å². The van der Waals surface area contributed by atoms with E-state index >= 15 is 0 Å². The Labute approximate surface area is 339 Å². The first kappa shape index (κ1) is 46.5. The van der Waals surface area contributed by atoms with Crippen LogP contribution in [-0.2, 0) is 14.8 Å². The molecule has 3 aromatic carbocycles. The van der Waals surface area contributed by atoms with Crippen LogP contribution in [0.25, 0.3) is 0 Å². The van der Waals surface area contributed by atoms with Crippen molar-refractivity contribution in [1.29, 1.82) is 0 Å². The molecule has 3 aromatic rings. The number of hydrogen-bond acceptors (Lipinski definition) is 7. The van der Waals surface area contributed by atoms with Crippen LogP contribution < -0.4 is 29.6 Å². The Hall–Kier alpha value is -3.92. The quantitative estimate of drug-likeness (QED) is 0.0693. The third-order valence-electron chi connectivity index (χ3n) is 10.3. The number of nitrogens with one attached hydrogen (secondary N) is 3. The van der Waals surface area contributed by atoms with Crippen LogP contribution in [0.1, 0.15) is 173 Å². The Kier molecular flexibility index (Phi) is 19.4. The van der Waals surface area contributed by atoms with Gasteiger partial charge in [0.15, 0.2) is 11.5 Å². The first-order valence-corrected chi connectivity index (χ1v) is 22.5. The molecular weight excluding hydrogens is 723 g/mol. The fraction of sp³-hybridized carbons (Fsp3) is 0.587. The van der Waals surface area contributed by atoms with Crippen molar-refractivity contribution in [1.82, 2.24) is 0 Å². The zero-order valence-electron chi connectivity index (χ0n) is 36.0. The molecule has 0 heterocycles. The SMILES string of the molecule is CCCCCCCCCCCCCCCC(=O)Nc1cc(NS(=O)(=O)c2c(C(C)C)cc(C(C)C)cc2C(C)C)ccc1Nc1cc(OC)c(OC)c(OC)c1. The molecule has 312 valence electrons. The molecule has 56 heavy (non-hydrogen) atoms. The highest BCUT2D eigenvalue weighted by molar-refractivity contribution is 7.92. The van der Waals surface area contributed by atoms with Crippen LogP contribution in [0.2, 0.25) is 0 Å². The molecule has 0 aliphatic rings. The summed E-state index contributed by atoms with van der Waals surface area (Å²) in [5.74, 6) is 1.50. The summed E-state index contributed by atoms with van der Waals surface area (Å²) in [5.41, 5.74) is 4.70. The topological polar surface area (TPSA) is 115 Å². The summed E-state index contributed by atoms with van der Waals surface area (Å²) in [6, 6.07) is 12.7. The number of carbonyl (C=O) groups excluding carboxylic acids is 1. The highest BCUT2D eigenvalue weighted by Crippen LogP contribution is 2.42. The Bertz CT molecular complexity index is 1730. The summed E-state index contributed by atoms with van der Waals surface area (Å²) >= 11 is 0. The molecule has 0 aliphatic carbocycles. The van der Waals surface area contributed by atoms with E-state index in [0.29, 0.717) is 51.3 Å². The van der Waals surface area contributed by atoms with E-state index in [9.17, 15) is 13.2 Å². The van der Waals surface area contributed by atoms with Crippen LogP contribution in [0, 0.1) is 0 Å². The van der Waals surface area contributed by atoms with Crippen molar-refractivity contribution >= 4 is 38.7 Å². The van der Waals surface area contributed by atoms with E-state index in [1.807, 2.05) is 39.8 Å². The number of hydrogen-bond donors (Lipinski definition) is 3. The molecule has 0 radical (unpaired) electrons.